The molecule has 3 aromatic heterocycles. The van der Waals surface area contributed by atoms with E-state index in [1.54, 1.807) is 12.1 Å². The summed E-state index contributed by atoms with van der Waals surface area (Å²) in [4.78, 5) is 14.7. The van der Waals surface area contributed by atoms with E-state index in [0.29, 0.717) is 22.2 Å². The Balaban J connectivity index is 1.28. The predicted molar refractivity (Wildman–Crippen MR) is 266 cm³/mol. The summed E-state index contributed by atoms with van der Waals surface area (Å²) in [5, 5.41) is 3.41. The lowest BCUT2D eigenvalue weighted by Crippen LogP contribution is -2.11. The van der Waals surface area contributed by atoms with Gasteiger partial charge in [0.1, 0.15) is 0 Å². The van der Waals surface area contributed by atoms with Crippen LogP contribution in [0.5, 0.6) is 0 Å². The summed E-state index contributed by atoms with van der Waals surface area (Å²) in [5.41, 5.74) is 2.86. The van der Waals surface area contributed by atoms with Gasteiger partial charge in [0.25, 0.3) is 0 Å². The van der Waals surface area contributed by atoms with Crippen LogP contribution in [0.4, 0.5) is 26.3 Å². The maximum Gasteiger partial charge on any atom is 0.417 e. The quantitative estimate of drug-likeness (QED) is 0.150. The molecule has 0 amide bonds. The molecule has 338 valence electrons. The molecule has 0 radical (unpaired) electrons. The number of halogens is 6. The lowest BCUT2D eigenvalue weighted by molar-refractivity contribution is -0.137. The monoisotopic (exact) mass is 927 g/mol. The first-order valence-corrected chi connectivity index (χ1v) is 22.4. The third kappa shape index (κ3) is 7.16. The summed E-state index contributed by atoms with van der Waals surface area (Å²) in [6.45, 7) is 0. The van der Waals surface area contributed by atoms with Crippen molar-refractivity contribution in [1.82, 2.24) is 24.1 Å². The van der Waals surface area contributed by atoms with E-state index in [1.165, 1.54) is 36.4 Å². The summed E-state index contributed by atoms with van der Waals surface area (Å²) >= 11 is 0. The van der Waals surface area contributed by atoms with Crippen LogP contribution in [0.25, 0.3) is 111 Å². The Morgan fingerprint density at radius 3 is 1.17 bits per heavy atom. The molecule has 9 aromatic carbocycles. The zero-order chi connectivity index (χ0) is 47.7. The molecular formula is C59H35F6N5. The number of fused-ring (bicyclic) bond motifs is 6. The molecule has 0 unspecified atom stereocenters. The molecule has 5 nitrogen and oxygen atoms in total. The molecule has 12 aromatic rings. The third-order valence-electron chi connectivity index (χ3n) is 12.8. The topological polar surface area (TPSA) is 48.5 Å². The Morgan fingerprint density at radius 2 is 0.686 bits per heavy atom. The van der Waals surface area contributed by atoms with E-state index in [0.717, 1.165) is 50.4 Å². The minimum atomic E-state index is -4.87. The number of aromatic nitrogens is 5. The maximum absolute atomic E-state index is 15.6. The zero-order valence-electron chi connectivity index (χ0n) is 36.7. The Morgan fingerprint density at radius 1 is 0.300 bits per heavy atom. The highest BCUT2D eigenvalue weighted by Crippen LogP contribution is 2.49. The molecule has 3 heterocycles. The van der Waals surface area contributed by atoms with Crippen molar-refractivity contribution in [2.45, 2.75) is 12.4 Å². The van der Waals surface area contributed by atoms with E-state index in [2.05, 4.69) is 10.6 Å². The van der Waals surface area contributed by atoms with Crippen molar-refractivity contribution < 1.29 is 26.3 Å². The van der Waals surface area contributed by atoms with Crippen molar-refractivity contribution in [3.63, 3.8) is 0 Å². The van der Waals surface area contributed by atoms with Crippen LogP contribution in [0.3, 0.4) is 0 Å². The van der Waals surface area contributed by atoms with Crippen molar-refractivity contribution in [2.75, 3.05) is 0 Å². The fourth-order valence-corrected chi connectivity index (χ4v) is 9.81. The normalized spacial score (nSPS) is 12.1. The Labute approximate surface area is 396 Å². The standard InChI is InChI=1S/C59H35F6N5/c60-58(61,62)48-28-14-10-24-40(48)46-32-38(57-67-55(36-18-4-1-5-19-36)66-56(68-57)37-20-6-2-7-21-37)33-47(41-25-11-15-29-49(41)59(63,64)65)54(46)70-51-31-17-13-27-43(51)45-34-44-42-26-12-16-30-50(42)69(52(44)35-53(45)70)39-22-8-3-9-23-39/h1-35H. The van der Waals surface area contributed by atoms with Crippen molar-refractivity contribution in [1.29, 1.82) is 0 Å². The molecule has 11 heteroatoms. The van der Waals surface area contributed by atoms with E-state index in [1.807, 2.05) is 150 Å². The van der Waals surface area contributed by atoms with Gasteiger partial charge in [0, 0.05) is 55.0 Å². The van der Waals surface area contributed by atoms with Gasteiger partial charge in [-0.3, -0.25) is 0 Å². The highest BCUT2D eigenvalue weighted by Gasteiger charge is 2.37. The largest absolute Gasteiger partial charge is 0.417 e. The summed E-state index contributed by atoms with van der Waals surface area (Å²) in [5.74, 6) is 0.582. The Hall–Kier alpha value is -8.83. The lowest BCUT2D eigenvalue weighted by Gasteiger charge is -2.24. The summed E-state index contributed by atoms with van der Waals surface area (Å²) in [6, 6.07) is 61.1. The second-order valence-electron chi connectivity index (χ2n) is 17.0. The number of alkyl halides is 6. The minimum Gasteiger partial charge on any atom is -0.309 e. The van der Waals surface area contributed by atoms with Gasteiger partial charge in [-0.05, 0) is 71.8 Å². The minimum absolute atomic E-state index is 0.00619. The predicted octanol–water partition coefficient (Wildman–Crippen LogP) is 16.4. The molecule has 0 aliphatic rings. The summed E-state index contributed by atoms with van der Waals surface area (Å²) in [7, 11) is 0. The highest BCUT2D eigenvalue weighted by atomic mass is 19.4. The fourth-order valence-electron chi connectivity index (χ4n) is 9.81. The number of rotatable bonds is 7. The third-order valence-corrected chi connectivity index (χ3v) is 12.8. The van der Waals surface area contributed by atoms with Crippen LogP contribution in [-0.4, -0.2) is 24.1 Å². The molecule has 0 aliphatic heterocycles. The van der Waals surface area contributed by atoms with Gasteiger partial charge in [0.2, 0.25) is 0 Å². The van der Waals surface area contributed by atoms with Gasteiger partial charge in [-0.2, -0.15) is 26.3 Å². The van der Waals surface area contributed by atoms with Crippen molar-refractivity contribution in [3.8, 4) is 67.8 Å². The molecule has 0 bridgehead atoms. The van der Waals surface area contributed by atoms with Crippen LogP contribution < -0.4 is 0 Å². The molecule has 0 spiro atoms. The summed E-state index contributed by atoms with van der Waals surface area (Å²) in [6.07, 6.45) is -9.74. The van der Waals surface area contributed by atoms with E-state index in [-0.39, 0.29) is 51.0 Å². The summed E-state index contributed by atoms with van der Waals surface area (Å²) < 4.78 is 97.3. The number of benzene rings is 9. The SMILES string of the molecule is FC(F)(F)c1ccccc1-c1cc(-c2nc(-c3ccccc3)nc(-c3ccccc3)n2)cc(-c2ccccc2C(F)(F)F)c1-n1c2ccccc2c2cc3c4ccccc4n(-c4ccccc4)c3cc21. The van der Waals surface area contributed by atoms with E-state index in [4.69, 9.17) is 15.0 Å². The average Bonchev–Trinajstić information content (AvgIpc) is 3.89. The van der Waals surface area contributed by atoms with Gasteiger partial charge >= 0.3 is 12.4 Å². The molecule has 70 heavy (non-hydrogen) atoms. The number of para-hydroxylation sites is 3. The van der Waals surface area contributed by atoms with Crippen molar-refractivity contribution in [3.05, 3.63) is 223 Å². The molecule has 0 saturated heterocycles. The van der Waals surface area contributed by atoms with Gasteiger partial charge in [0.05, 0.1) is 38.9 Å². The number of hydrogen-bond donors (Lipinski definition) is 0. The Bertz CT molecular complexity index is 3830. The first-order chi connectivity index (χ1) is 34.0. The van der Waals surface area contributed by atoms with Crippen LogP contribution in [0.15, 0.2) is 212 Å². The van der Waals surface area contributed by atoms with E-state index < -0.39 is 23.5 Å². The second kappa shape index (κ2) is 16.4. The molecule has 0 fully saturated rings. The lowest BCUT2D eigenvalue weighted by atomic mass is 9.88. The smallest absolute Gasteiger partial charge is 0.309 e. The van der Waals surface area contributed by atoms with Gasteiger partial charge in [0.15, 0.2) is 17.5 Å². The van der Waals surface area contributed by atoms with Gasteiger partial charge in [-0.25, -0.2) is 15.0 Å². The molecule has 0 atom stereocenters. The van der Waals surface area contributed by atoms with Crippen LogP contribution >= 0.6 is 0 Å². The van der Waals surface area contributed by atoms with Gasteiger partial charge in [-0.1, -0.05) is 152 Å². The van der Waals surface area contributed by atoms with Gasteiger partial charge in [-0.15, -0.1) is 0 Å². The second-order valence-corrected chi connectivity index (χ2v) is 17.0. The molecule has 0 N–H and O–H groups in total. The molecular weight excluding hydrogens is 893 g/mol. The molecule has 0 aliphatic carbocycles. The van der Waals surface area contributed by atoms with E-state index >= 15 is 26.3 Å². The first-order valence-electron chi connectivity index (χ1n) is 22.4. The average molecular weight is 928 g/mol. The van der Waals surface area contributed by atoms with E-state index in [9.17, 15) is 0 Å². The molecule has 0 saturated carbocycles. The van der Waals surface area contributed by atoms with Crippen LogP contribution in [0.1, 0.15) is 11.1 Å². The van der Waals surface area contributed by atoms with Crippen LogP contribution in [-0.2, 0) is 12.4 Å². The van der Waals surface area contributed by atoms with Crippen LogP contribution in [0.2, 0.25) is 0 Å². The number of nitrogens with zero attached hydrogens (tertiary/aromatic N) is 5. The van der Waals surface area contributed by atoms with Gasteiger partial charge < -0.3 is 9.13 Å². The highest BCUT2D eigenvalue weighted by molar-refractivity contribution is 6.19. The van der Waals surface area contributed by atoms with Crippen molar-refractivity contribution >= 4 is 43.6 Å². The number of hydrogen-bond acceptors (Lipinski definition) is 3. The molecule has 12 rings (SSSR count). The zero-order valence-corrected chi connectivity index (χ0v) is 36.7. The first kappa shape index (κ1) is 42.5. The van der Waals surface area contributed by atoms with Crippen LogP contribution in [0, 0.1) is 0 Å². The fraction of sp³-hybridized carbons (Fsp3) is 0.0339. The van der Waals surface area contributed by atoms with Crippen molar-refractivity contribution in [2.24, 2.45) is 0 Å². The maximum atomic E-state index is 15.6. The Kier molecular flexibility index (Phi) is 9.99.